The Hall–Kier alpha value is -1.34. The zero-order chi connectivity index (χ0) is 13.0. The van der Waals surface area contributed by atoms with Gasteiger partial charge in [-0.25, -0.2) is 0 Å². The highest BCUT2D eigenvalue weighted by atomic mass is 16.2. The molecule has 0 bridgehead atoms. The number of carbonyl (C=O) groups is 1. The zero-order valence-electron chi connectivity index (χ0n) is 10.7. The van der Waals surface area contributed by atoms with Crippen LogP contribution in [0.1, 0.15) is 38.5 Å². The van der Waals surface area contributed by atoms with Crippen molar-refractivity contribution in [2.75, 3.05) is 6.54 Å². The number of amides is 1. The van der Waals surface area contributed by atoms with Crippen LogP contribution in [0.15, 0.2) is 12.2 Å². The Balaban J connectivity index is 1.97. The van der Waals surface area contributed by atoms with Crippen LogP contribution in [0.3, 0.4) is 0 Å². The maximum absolute atomic E-state index is 12.3. The first kappa shape index (κ1) is 13.1. The van der Waals surface area contributed by atoms with E-state index in [1.165, 1.54) is 25.7 Å². The molecule has 0 aromatic heterocycles. The van der Waals surface area contributed by atoms with Crippen LogP contribution in [-0.2, 0) is 4.79 Å². The van der Waals surface area contributed by atoms with E-state index in [0.717, 1.165) is 12.8 Å². The summed E-state index contributed by atoms with van der Waals surface area (Å²) in [5.74, 6) is 0.235. The lowest BCUT2D eigenvalue weighted by molar-refractivity contribution is -0.133. The minimum atomic E-state index is -0.432. The summed E-state index contributed by atoms with van der Waals surface area (Å²) in [5.41, 5.74) is 6.13. The summed E-state index contributed by atoms with van der Waals surface area (Å²) in [6, 6.07) is 1.27. The van der Waals surface area contributed by atoms with E-state index >= 15 is 0 Å². The summed E-state index contributed by atoms with van der Waals surface area (Å²) in [6.45, 7) is 0.525. The summed E-state index contributed by atoms with van der Waals surface area (Å²) >= 11 is 0. The van der Waals surface area contributed by atoms with Gasteiger partial charge in [-0.05, 0) is 24.8 Å². The maximum Gasteiger partial charge on any atom is 0.241 e. The number of nitriles is 1. The average molecular weight is 247 g/mol. The second-order valence-corrected chi connectivity index (χ2v) is 5.27. The lowest BCUT2D eigenvalue weighted by Crippen LogP contribution is -2.49. The van der Waals surface area contributed by atoms with Gasteiger partial charge >= 0.3 is 0 Å². The van der Waals surface area contributed by atoms with Crippen LogP contribution >= 0.6 is 0 Å². The van der Waals surface area contributed by atoms with Crippen LogP contribution in [0.2, 0.25) is 0 Å². The number of nitrogens with zero attached hydrogens (tertiary/aromatic N) is 2. The molecule has 0 aromatic carbocycles. The molecule has 18 heavy (non-hydrogen) atoms. The van der Waals surface area contributed by atoms with Gasteiger partial charge in [-0.3, -0.25) is 4.79 Å². The van der Waals surface area contributed by atoms with Crippen molar-refractivity contribution >= 4 is 5.91 Å². The molecule has 98 valence electrons. The van der Waals surface area contributed by atoms with E-state index in [1.54, 1.807) is 11.0 Å². The molecular weight excluding hydrogens is 226 g/mol. The van der Waals surface area contributed by atoms with Gasteiger partial charge in [0.1, 0.15) is 6.04 Å². The van der Waals surface area contributed by atoms with Crippen LogP contribution < -0.4 is 5.73 Å². The Morgan fingerprint density at radius 2 is 2.00 bits per heavy atom. The van der Waals surface area contributed by atoms with E-state index in [0.29, 0.717) is 12.5 Å². The Morgan fingerprint density at radius 1 is 1.33 bits per heavy atom. The van der Waals surface area contributed by atoms with Crippen molar-refractivity contribution in [1.82, 2.24) is 4.90 Å². The monoisotopic (exact) mass is 247 g/mol. The normalized spacial score (nSPS) is 26.7. The molecule has 1 heterocycles. The molecule has 0 radical (unpaired) electrons. The fraction of sp³-hybridized carbons (Fsp3) is 0.714. The number of carbonyl (C=O) groups excluding carboxylic acids is 1. The average Bonchev–Trinajstić information content (AvgIpc) is 2.70. The first-order chi connectivity index (χ1) is 8.74. The molecule has 1 aliphatic carbocycles. The van der Waals surface area contributed by atoms with Gasteiger partial charge in [0.05, 0.1) is 12.1 Å². The summed E-state index contributed by atoms with van der Waals surface area (Å²) in [7, 11) is 0. The smallest absolute Gasteiger partial charge is 0.241 e. The third kappa shape index (κ3) is 2.73. The largest absolute Gasteiger partial charge is 0.320 e. The predicted molar refractivity (Wildman–Crippen MR) is 69.4 cm³/mol. The Bertz CT molecular complexity index is 364. The van der Waals surface area contributed by atoms with Gasteiger partial charge in [0, 0.05) is 6.54 Å². The molecule has 1 fully saturated rings. The van der Waals surface area contributed by atoms with Gasteiger partial charge in [0.15, 0.2) is 0 Å². The van der Waals surface area contributed by atoms with Crippen molar-refractivity contribution in [2.45, 2.75) is 50.6 Å². The van der Waals surface area contributed by atoms with Crippen LogP contribution in [0.4, 0.5) is 0 Å². The number of hydrogen-bond acceptors (Lipinski definition) is 3. The maximum atomic E-state index is 12.3. The second-order valence-electron chi connectivity index (χ2n) is 5.27. The Kier molecular flexibility index (Phi) is 4.38. The SMILES string of the molecule is N#C[C@@H]1C=CCN1C(=O)C(N)C1CCCCCC1. The van der Waals surface area contributed by atoms with E-state index in [1.807, 2.05) is 6.08 Å². The third-order valence-electron chi connectivity index (χ3n) is 4.06. The number of rotatable bonds is 2. The molecule has 0 spiro atoms. The Morgan fingerprint density at radius 3 is 2.61 bits per heavy atom. The van der Waals surface area contributed by atoms with Gasteiger partial charge in [-0.2, -0.15) is 5.26 Å². The minimum Gasteiger partial charge on any atom is -0.320 e. The third-order valence-corrected chi connectivity index (χ3v) is 4.06. The summed E-state index contributed by atoms with van der Waals surface area (Å²) in [6.07, 6.45) is 10.6. The molecule has 4 heteroatoms. The molecule has 2 rings (SSSR count). The van der Waals surface area contributed by atoms with Crippen molar-refractivity contribution in [2.24, 2.45) is 11.7 Å². The van der Waals surface area contributed by atoms with E-state index in [4.69, 9.17) is 11.0 Å². The van der Waals surface area contributed by atoms with Gasteiger partial charge in [-0.1, -0.05) is 31.8 Å². The quantitative estimate of drug-likeness (QED) is 0.595. The highest BCUT2D eigenvalue weighted by Crippen LogP contribution is 2.26. The van der Waals surface area contributed by atoms with E-state index in [-0.39, 0.29) is 5.91 Å². The first-order valence-electron chi connectivity index (χ1n) is 6.86. The van der Waals surface area contributed by atoms with Crippen molar-refractivity contribution in [3.8, 4) is 6.07 Å². The fourth-order valence-electron chi connectivity index (χ4n) is 2.92. The van der Waals surface area contributed by atoms with Crippen LogP contribution in [0, 0.1) is 17.2 Å². The summed E-state index contributed by atoms with van der Waals surface area (Å²) < 4.78 is 0. The molecular formula is C14H21N3O. The lowest BCUT2D eigenvalue weighted by atomic mass is 9.91. The van der Waals surface area contributed by atoms with Crippen LogP contribution in [-0.4, -0.2) is 29.4 Å². The molecule has 2 N–H and O–H groups in total. The summed E-state index contributed by atoms with van der Waals surface area (Å²) in [5, 5.41) is 8.99. The van der Waals surface area contributed by atoms with Crippen molar-refractivity contribution < 1.29 is 4.79 Å². The van der Waals surface area contributed by atoms with Crippen LogP contribution in [0.25, 0.3) is 0 Å². The molecule has 1 aliphatic heterocycles. The molecule has 4 nitrogen and oxygen atoms in total. The molecule has 2 atom stereocenters. The van der Waals surface area contributed by atoms with Gasteiger partial charge in [0.2, 0.25) is 5.91 Å². The molecule has 2 aliphatic rings. The topological polar surface area (TPSA) is 70.1 Å². The highest BCUT2D eigenvalue weighted by molar-refractivity contribution is 5.83. The highest BCUT2D eigenvalue weighted by Gasteiger charge is 2.32. The van der Waals surface area contributed by atoms with E-state index in [9.17, 15) is 4.79 Å². The predicted octanol–water partition coefficient (Wildman–Crippen LogP) is 1.57. The standard InChI is InChI=1S/C14H21N3O/c15-10-12-8-5-9-17(12)14(18)13(16)11-6-3-1-2-4-7-11/h5,8,11-13H,1-4,6-7,9,16H2/t12-,13?/m0/s1. The molecule has 0 aromatic rings. The van der Waals surface area contributed by atoms with Crippen molar-refractivity contribution in [1.29, 1.82) is 5.26 Å². The number of nitrogens with two attached hydrogens (primary N) is 1. The van der Waals surface area contributed by atoms with Gasteiger partial charge < -0.3 is 10.6 Å². The Labute approximate surface area is 108 Å². The zero-order valence-corrected chi connectivity index (χ0v) is 10.7. The second kappa shape index (κ2) is 6.01. The van der Waals surface area contributed by atoms with Crippen molar-refractivity contribution in [3.05, 3.63) is 12.2 Å². The molecule has 1 amide bonds. The fourth-order valence-corrected chi connectivity index (χ4v) is 2.92. The number of hydrogen-bond donors (Lipinski definition) is 1. The van der Waals surface area contributed by atoms with Gasteiger partial charge in [0.25, 0.3) is 0 Å². The van der Waals surface area contributed by atoms with Crippen molar-refractivity contribution in [3.63, 3.8) is 0 Å². The van der Waals surface area contributed by atoms with E-state index in [2.05, 4.69) is 6.07 Å². The van der Waals surface area contributed by atoms with E-state index < -0.39 is 12.1 Å². The minimum absolute atomic E-state index is 0.0570. The molecule has 0 saturated heterocycles. The lowest BCUT2D eigenvalue weighted by Gasteiger charge is -2.28. The van der Waals surface area contributed by atoms with Gasteiger partial charge in [-0.15, -0.1) is 0 Å². The first-order valence-corrected chi connectivity index (χ1v) is 6.86. The summed E-state index contributed by atoms with van der Waals surface area (Å²) in [4.78, 5) is 13.9. The van der Waals surface area contributed by atoms with Crippen LogP contribution in [0.5, 0.6) is 0 Å². The molecule has 1 unspecified atom stereocenters. The molecule has 1 saturated carbocycles.